The summed E-state index contributed by atoms with van der Waals surface area (Å²) in [5, 5.41) is 22.6. The maximum absolute atomic E-state index is 9.05. The molecule has 0 unspecified atom stereocenters. The Kier molecular flexibility index (Phi) is 2.35. The third kappa shape index (κ3) is 1.74. The number of nitriles is 1. The van der Waals surface area contributed by atoms with E-state index in [4.69, 9.17) is 5.26 Å². The second kappa shape index (κ2) is 4.14. The van der Waals surface area contributed by atoms with Crippen LogP contribution in [0, 0.1) is 11.3 Å². The Morgan fingerprint density at radius 1 is 0.889 bits per heavy atom. The Bertz CT molecular complexity index is 638. The van der Waals surface area contributed by atoms with Crippen molar-refractivity contribution in [1.29, 1.82) is 5.26 Å². The summed E-state index contributed by atoms with van der Waals surface area (Å²) in [5.74, 6) is 0. The fourth-order valence-electron chi connectivity index (χ4n) is 1.66. The Morgan fingerprint density at radius 3 is 1.83 bits per heavy atom. The third-order valence-electron chi connectivity index (χ3n) is 2.48. The molecule has 0 amide bonds. The highest BCUT2D eigenvalue weighted by molar-refractivity contribution is 5.64. The molecule has 0 radical (unpaired) electrons. The van der Waals surface area contributed by atoms with E-state index in [1.165, 1.54) is 0 Å². The molecule has 3 rings (SSSR count). The Hall–Kier alpha value is -2.94. The van der Waals surface area contributed by atoms with Crippen LogP contribution in [0.1, 0.15) is 5.56 Å². The predicted molar refractivity (Wildman–Crippen MR) is 64.1 cm³/mol. The van der Waals surface area contributed by atoms with Crippen molar-refractivity contribution in [3.63, 3.8) is 0 Å². The van der Waals surface area contributed by atoms with Crippen LogP contribution in [-0.4, -0.2) is 25.4 Å². The maximum atomic E-state index is 9.05. The first-order valence-corrected chi connectivity index (χ1v) is 5.29. The summed E-state index contributed by atoms with van der Waals surface area (Å²) in [5.41, 5.74) is 3.22. The van der Waals surface area contributed by atoms with E-state index >= 15 is 0 Å². The van der Waals surface area contributed by atoms with Gasteiger partial charge < -0.3 is 0 Å². The Morgan fingerprint density at radius 2 is 1.44 bits per heavy atom. The molecule has 86 valence electrons. The van der Waals surface area contributed by atoms with Crippen molar-refractivity contribution in [2.45, 2.75) is 0 Å². The highest BCUT2D eigenvalue weighted by Crippen LogP contribution is 2.21. The zero-order valence-electron chi connectivity index (χ0n) is 9.25. The minimum Gasteiger partial charge on any atom is -0.285 e. The van der Waals surface area contributed by atoms with Gasteiger partial charge in [-0.15, -0.1) is 0 Å². The molecule has 0 fully saturated rings. The molecule has 0 aliphatic carbocycles. The lowest BCUT2D eigenvalue weighted by molar-refractivity contribution is 1.07. The normalized spacial score (nSPS) is 10.2. The van der Waals surface area contributed by atoms with Crippen molar-refractivity contribution in [3.8, 4) is 28.8 Å². The predicted octanol–water partition coefficient (Wildman–Crippen LogP) is 1.73. The quantitative estimate of drug-likeness (QED) is 0.708. The average Bonchev–Trinajstić information content (AvgIpc) is 3.10. The standard InChI is InChI=1S/C12H8N6/c13-7-8-5-11(9-1-3-14-17-9)16-12(6-8)10-2-4-15-18-10/h1-6H,(H,14,17)(H,15,18). The van der Waals surface area contributed by atoms with Gasteiger partial charge in [0.1, 0.15) is 11.4 Å². The summed E-state index contributed by atoms with van der Waals surface area (Å²) in [6.07, 6.45) is 3.43. The van der Waals surface area contributed by atoms with Gasteiger partial charge in [-0.05, 0) is 24.3 Å². The minimum atomic E-state index is 0.529. The molecular formula is C12H8N6. The van der Waals surface area contributed by atoms with E-state index in [-0.39, 0.29) is 0 Å². The molecule has 0 atom stereocenters. The highest BCUT2D eigenvalue weighted by atomic mass is 15.1. The lowest BCUT2D eigenvalue weighted by Crippen LogP contribution is -1.91. The number of hydrogen-bond acceptors (Lipinski definition) is 4. The number of rotatable bonds is 2. The van der Waals surface area contributed by atoms with Crippen LogP contribution >= 0.6 is 0 Å². The summed E-state index contributed by atoms with van der Waals surface area (Å²) in [7, 11) is 0. The first-order chi connectivity index (χ1) is 8.86. The molecule has 18 heavy (non-hydrogen) atoms. The van der Waals surface area contributed by atoms with Gasteiger partial charge in [-0.1, -0.05) is 0 Å². The number of pyridine rings is 1. The second-order valence-electron chi connectivity index (χ2n) is 3.66. The lowest BCUT2D eigenvalue weighted by Gasteiger charge is -2.01. The van der Waals surface area contributed by atoms with Gasteiger partial charge in [-0.3, -0.25) is 10.2 Å². The molecule has 6 heteroatoms. The summed E-state index contributed by atoms with van der Waals surface area (Å²) in [6.45, 7) is 0. The Labute approximate surface area is 102 Å². The molecule has 3 aromatic rings. The number of nitrogens with one attached hydrogen (secondary N) is 2. The largest absolute Gasteiger partial charge is 0.285 e. The number of aromatic amines is 2. The van der Waals surface area contributed by atoms with E-state index < -0.39 is 0 Å². The van der Waals surface area contributed by atoms with E-state index in [0.29, 0.717) is 28.3 Å². The molecule has 3 heterocycles. The van der Waals surface area contributed by atoms with Crippen molar-refractivity contribution in [1.82, 2.24) is 25.4 Å². The second-order valence-corrected chi connectivity index (χ2v) is 3.66. The van der Waals surface area contributed by atoms with Gasteiger partial charge in [0.2, 0.25) is 0 Å². The molecule has 3 aromatic heterocycles. The molecule has 6 nitrogen and oxygen atoms in total. The molecule has 0 saturated carbocycles. The summed E-state index contributed by atoms with van der Waals surface area (Å²) in [4.78, 5) is 4.45. The first kappa shape index (κ1) is 10.2. The fourth-order valence-corrected chi connectivity index (χ4v) is 1.66. The van der Waals surface area contributed by atoms with Crippen LogP contribution in [0.2, 0.25) is 0 Å². The highest BCUT2D eigenvalue weighted by Gasteiger charge is 2.09. The van der Waals surface area contributed by atoms with Crippen LogP contribution < -0.4 is 0 Å². The molecular weight excluding hydrogens is 228 g/mol. The summed E-state index contributed by atoms with van der Waals surface area (Å²) < 4.78 is 0. The van der Waals surface area contributed by atoms with Crippen molar-refractivity contribution in [2.24, 2.45) is 0 Å². The molecule has 0 bridgehead atoms. The zero-order chi connectivity index (χ0) is 12.4. The maximum Gasteiger partial charge on any atom is 0.110 e. The van der Waals surface area contributed by atoms with Crippen molar-refractivity contribution < 1.29 is 0 Å². The minimum absolute atomic E-state index is 0.529. The van der Waals surface area contributed by atoms with Crippen LogP contribution in [0.3, 0.4) is 0 Å². The fraction of sp³-hybridized carbons (Fsp3) is 0. The van der Waals surface area contributed by atoms with Crippen molar-refractivity contribution >= 4 is 0 Å². The van der Waals surface area contributed by atoms with Crippen molar-refractivity contribution in [2.75, 3.05) is 0 Å². The average molecular weight is 236 g/mol. The van der Waals surface area contributed by atoms with Crippen LogP contribution in [-0.2, 0) is 0 Å². The van der Waals surface area contributed by atoms with Crippen LogP contribution in [0.15, 0.2) is 36.7 Å². The van der Waals surface area contributed by atoms with Gasteiger partial charge in [0.15, 0.2) is 0 Å². The van der Waals surface area contributed by atoms with E-state index in [9.17, 15) is 0 Å². The van der Waals surface area contributed by atoms with Gasteiger partial charge in [-0.2, -0.15) is 15.5 Å². The van der Waals surface area contributed by atoms with E-state index in [2.05, 4.69) is 31.4 Å². The van der Waals surface area contributed by atoms with Gasteiger partial charge in [0.25, 0.3) is 0 Å². The van der Waals surface area contributed by atoms with E-state index in [1.807, 2.05) is 0 Å². The molecule has 0 spiro atoms. The molecule has 2 N–H and O–H groups in total. The van der Waals surface area contributed by atoms with Crippen molar-refractivity contribution in [3.05, 3.63) is 42.2 Å². The third-order valence-corrected chi connectivity index (χ3v) is 2.48. The topological polar surface area (TPSA) is 94.0 Å². The van der Waals surface area contributed by atoms with Crippen LogP contribution in [0.5, 0.6) is 0 Å². The van der Waals surface area contributed by atoms with Gasteiger partial charge in [0, 0.05) is 12.4 Å². The number of H-pyrrole nitrogens is 2. The molecule has 0 saturated heterocycles. The van der Waals surface area contributed by atoms with Gasteiger partial charge in [0.05, 0.1) is 23.0 Å². The number of nitrogens with zero attached hydrogens (tertiary/aromatic N) is 4. The van der Waals surface area contributed by atoms with Crippen LogP contribution in [0.25, 0.3) is 22.8 Å². The smallest absolute Gasteiger partial charge is 0.110 e. The first-order valence-electron chi connectivity index (χ1n) is 5.29. The molecule has 0 aliphatic heterocycles. The number of hydrogen-bond donors (Lipinski definition) is 2. The van der Waals surface area contributed by atoms with Gasteiger partial charge in [-0.25, -0.2) is 4.98 Å². The molecule has 0 aliphatic rings. The monoisotopic (exact) mass is 236 g/mol. The summed E-state index contributed by atoms with van der Waals surface area (Å²) in [6, 6.07) is 9.12. The summed E-state index contributed by atoms with van der Waals surface area (Å²) >= 11 is 0. The number of aromatic nitrogens is 5. The van der Waals surface area contributed by atoms with E-state index in [0.717, 1.165) is 0 Å². The molecule has 0 aromatic carbocycles. The van der Waals surface area contributed by atoms with Crippen LogP contribution in [0.4, 0.5) is 0 Å². The van der Waals surface area contributed by atoms with Gasteiger partial charge >= 0.3 is 0 Å². The van der Waals surface area contributed by atoms with E-state index in [1.54, 1.807) is 36.7 Å². The zero-order valence-corrected chi connectivity index (χ0v) is 9.25. The Balaban J connectivity index is 2.17. The lowest BCUT2D eigenvalue weighted by atomic mass is 10.1. The SMILES string of the molecule is N#Cc1cc(-c2cc[nH]n2)nc(-c2cc[nH]n2)c1.